The standard InChI is InChI=1S/C11H13ClOS/c1-7-3-2-4-8(7)10(13)11-9(12)5-6-14-11/h5-8H,2-4H2,1H3. The fourth-order valence-corrected chi connectivity index (χ4v) is 3.33. The van der Waals surface area contributed by atoms with Crippen molar-refractivity contribution in [3.05, 3.63) is 21.3 Å². The van der Waals surface area contributed by atoms with Crippen LogP contribution in [0, 0.1) is 11.8 Å². The minimum absolute atomic E-state index is 0.214. The van der Waals surface area contributed by atoms with Crippen molar-refractivity contribution in [2.24, 2.45) is 11.8 Å². The highest BCUT2D eigenvalue weighted by Gasteiger charge is 2.31. The molecule has 0 radical (unpaired) electrons. The zero-order valence-corrected chi connectivity index (χ0v) is 9.70. The highest BCUT2D eigenvalue weighted by atomic mass is 35.5. The molecule has 1 fully saturated rings. The second kappa shape index (κ2) is 4.03. The van der Waals surface area contributed by atoms with Crippen LogP contribution in [0.5, 0.6) is 0 Å². The summed E-state index contributed by atoms with van der Waals surface area (Å²) in [7, 11) is 0. The molecule has 1 saturated carbocycles. The highest BCUT2D eigenvalue weighted by molar-refractivity contribution is 7.12. The molecule has 0 saturated heterocycles. The van der Waals surface area contributed by atoms with E-state index in [-0.39, 0.29) is 11.7 Å². The summed E-state index contributed by atoms with van der Waals surface area (Å²) < 4.78 is 0. The van der Waals surface area contributed by atoms with Crippen molar-refractivity contribution < 1.29 is 4.79 Å². The van der Waals surface area contributed by atoms with Crippen LogP contribution < -0.4 is 0 Å². The number of rotatable bonds is 2. The van der Waals surface area contributed by atoms with E-state index < -0.39 is 0 Å². The van der Waals surface area contributed by atoms with Crippen molar-refractivity contribution in [2.45, 2.75) is 26.2 Å². The quantitative estimate of drug-likeness (QED) is 0.699. The minimum atomic E-state index is 0.214. The van der Waals surface area contributed by atoms with Crippen molar-refractivity contribution >= 4 is 28.7 Å². The molecular formula is C11H13ClOS. The Labute approximate surface area is 93.1 Å². The zero-order chi connectivity index (χ0) is 10.1. The molecule has 2 rings (SSSR count). The van der Waals surface area contributed by atoms with E-state index in [4.69, 9.17) is 11.6 Å². The monoisotopic (exact) mass is 228 g/mol. The first-order valence-electron chi connectivity index (χ1n) is 4.97. The molecule has 0 aliphatic heterocycles. The lowest BCUT2D eigenvalue weighted by Crippen LogP contribution is -2.16. The number of halogens is 1. The van der Waals surface area contributed by atoms with Gasteiger partial charge in [0.2, 0.25) is 0 Å². The van der Waals surface area contributed by atoms with Gasteiger partial charge >= 0.3 is 0 Å². The van der Waals surface area contributed by atoms with Gasteiger partial charge in [-0.25, -0.2) is 0 Å². The van der Waals surface area contributed by atoms with Crippen LogP contribution in [-0.4, -0.2) is 5.78 Å². The van der Waals surface area contributed by atoms with Gasteiger partial charge < -0.3 is 0 Å². The summed E-state index contributed by atoms with van der Waals surface area (Å²) in [5.41, 5.74) is 0. The van der Waals surface area contributed by atoms with E-state index in [9.17, 15) is 4.79 Å². The average Bonchev–Trinajstić information content (AvgIpc) is 2.73. The summed E-state index contributed by atoms with van der Waals surface area (Å²) >= 11 is 7.42. The third-order valence-electron chi connectivity index (χ3n) is 3.04. The Kier molecular flexibility index (Phi) is 2.93. The van der Waals surface area contributed by atoms with Gasteiger partial charge in [-0.15, -0.1) is 11.3 Å². The van der Waals surface area contributed by atoms with Crippen molar-refractivity contribution in [3.63, 3.8) is 0 Å². The Morgan fingerprint density at radius 3 is 2.86 bits per heavy atom. The molecule has 3 heteroatoms. The second-order valence-electron chi connectivity index (χ2n) is 3.98. The summed E-state index contributed by atoms with van der Waals surface area (Å²) in [6.07, 6.45) is 3.40. The van der Waals surface area contributed by atoms with Gasteiger partial charge in [-0.05, 0) is 30.2 Å². The summed E-state index contributed by atoms with van der Waals surface area (Å²) in [6, 6.07) is 1.80. The molecule has 0 aromatic carbocycles. The fraction of sp³-hybridized carbons (Fsp3) is 0.545. The van der Waals surface area contributed by atoms with Crippen LogP contribution in [0.15, 0.2) is 11.4 Å². The number of Topliss-reactive ketones (excluding diaryl/α,β-unsaturated/α-hetero) is 1. The van der Waals surface area contributed by atoms with Crippen molar-refractivity contribution in [1.82, 2.24) is 0 Å². The van der Waals surface area contributed by atoms with Crippen LogP contribution in [0.1, 0.15) is 35.9 Å². The van der Waals surface area contributed by atoms with Crippen molar-refractivity contribution in [1.29, 1.82) is 0 Å². The largest absolute Gasteiger partial charge is 0.293 e. The number of carbonyl (C=O) groups is 1. The molecule has 1 aromatic heterocycles. The highest BCUT2D eigenvalue weighted by Crippen LogP contribution is 2.36. The van der Waals surface area contributed by atoms with E-state index in [0.717, 1.165) is 11.3 Å². The Hall–Kier alpha value is -0.340. The van der Waals surface area contributed by atoms with Gasteiger partial charge in [0, 0.05) is 5.92 Å². The first-order valence-corrected chi connectivity index (χ1v) is 6.23. The van der Waals surface area contributed by atoms with Crippen LogP contribution in [0.2, 0.25) is 5.02 Å². The van der Waals surface area contributed by atoms with Gasteiger partial charge in [0.15, 0.2) is 5.78 Å². The number of carbonyl (C=O) groups excluding carboxylic acids is 1. The van der Waals surface area contributed by atoms with Gasteiger partial charge in [0.25, 0.3) is 0 Å². The Bertz CT molecular complexity index is 345. The normalized spacial score (nSPS) is 26.7. The lowest BCUT2D eigenvalue weighted by molar-refractivity contribution is 0.0901. The molecule has 2 atom stereocenters. The van der Waals surface area contributed by atoms with E-state index in [1.165, 1.54) is 24.2 Å². The third-order valence-corrected chi connectivity index (χ3v) is 4.40. The molecular weight excluding hydrogens is 216 g/mol. The zero-order valence-electron chi connectivity index (χ0n) is 8.13. The topological polar surface area (TPSA) is 17.1 Å². The van der Waals surface area contributed by atoms with Crippen molar-refractivity contribution in [2.75, 3.05) is 0 Å². The molecule has 14 heavy (non-hydrogen) atoms. The van der Waals surface area contributed by atoms with Crippen LogP contribution in [0.3, 0.4) is 0 Å². The van der Waals surface area contributed by atoms with E-state index in [1.54, 1.807) is 6.07 Å². The molecule has 0 bridgehead atoms. The molecule has 1 aliphatic rings. The van der Waals surface area contributed by atoms with Crippen LogP contribution in [0.4, 0.5) is 0 Å². The molecule has 0 N–H and O–H groups in total. The van der Waals surface area contributed by atoms with E-state index in [0.29, 0.717) is 10.9 Å². The summed E-state index contributed by atoms with van der Waals surface area (Å²) in [6.45, 7) is 2.16. The Morgan fingerprint density at radius 1 is 1.57 bits per heavy atom. The average molecular weight is 229 g/mol. The van der Waals surface area contributed by atoms with Gasteiger partial charge in [-0.1, -0.05) is 24.9 Å². The van der Waals surface area contributed by atoms with Crippen molar-refractivity contribution in [3.8, 4) is 0 Å². The fourth-order valence-electron chi connectivity index (χ4n) is 2.17. The molecule has 0 spiro atoms. The maximum atomic E-state index is 12.1. The van der Waals surface area contributed by atoms with Crippen LogP contribution >= 0.6 is 22.9 Å². The van der Waals surface area contributed by atoms with Gasteiger partial charge in [0.05, 0.1) is 9.90 Å². The lowest BCUT2D eigenvalue weighted by Gasteiger charge is -2.12. The van der Waals surface area contributed by atoms with E-state index >= 15 is 0 Å². The molecule has 0 amide bonds. The van der Waals surface area contributed by atoms with E-state index in [1.807, 2.05) is 5.38 Å². The van der Waals surface area contributed by atoms with Gasteiger partial charge in [0.1, 0.15) is 0 Å². The number of hydrogen-bond acceptors (Lipinski definition) is 2. The SMILES string of the molecule is CC1CCCC1C(=O)c1sccc1Cl. The Morgan fingerprint density at radius 2 is 2.36 bits per heavy atom. The molecule has 1 nitrogen and oxygen atoms in total. The first kappa shape index (κ1) is 10.2. The molecule has 1 aliphatic carbocycles. The number of hydrogen-bond donors (Lipinski definition) is 0. The third kappa shape index (κ3) is 1.73. The summed E-state index contributed by atoms with van der Waals surface area (Å²) in [5.74, 6) is 1.00. The van der Waals surface area contributed by atoms with E-state index in [2.05, 4.69) is 6.92 Å². The molecule has 1 aromatic rings. The lowest BCUT2D eigenvalue weighted by atomic mass is 9.93. The summed E-state index contributed by atoms with van der Waals surface area (Å²) in [5, 5.41) is 2.51. The van der Waals surface area contributed by atoms with Gasteiger partial charge in [-0.3, -0.25) is 4.79 Å². The molecule has 76 valence electrons. The maximum absolute atomic E-state index is 12.1. The number of ketones is 1. The van der Waals surface area contributed by atoms with Crippen LogP contribution in [-0.2, 0) is 0 Å². The maximum Gasteiger partial charge on any atom is 0.177 e. The predicted molar refractivity (Wildman–Crippen MR) is 60.2 cm³/mol. The summed E-state index contributed by atoms with van der Waals surface area (Å²) in [4.78, 5) is 12.8. The smallest absolute Gasteiger partial charge is 0.177 e. The predicted octanol–water partition coefficient (Wildman–Crippen LogP) is 4.02. The van der Waals surface area contributed by atoms with Gasteiger partial charge in [-0.2, -0.15) is 0 Å². The number of thiophene rings is 1. The molecule has 1 heterocycles. The minimum Gasteiger partial charge on any atom is -0.293 e. The molecule has 2 unspecified atom stereocenters. The first-order chi connectivity index (χ1) is 6.70. The van der Waals surface area contributed by atoms with Crippen LogP contribution in [0.25, 0.3) is 0 Å². The second-order valence-corrected chi connectivity index (χ2v) is 5.30. The Balaban J connectivity index is 2.20.